The molecular weight excluding hydrogens is 278 g/mol. The Morgan fingerprint density at radius 3 is 2.23 bits per heavy atom. The first kappa shape index (κ1) is 15.6. The van der Waals surface area contributed by atoms with Gasteiger partial charge < -0.3 is 14.3 Å². The normalized spacial score (nSPS) is 10.5. The summed E-state index contributed by atoms with van der Waals surface area (Å²) in [5.41, 5.74) is 2.81. The molecule has 0 radical (unpaired) electrons. The molecule has 0 unspecified atom stereocenters. The van der Waals surface area contributed by atoms with E-state index < -0.39 is 0 Å². The Morgan fingerprint density at radius 2 is 1.64 bits per heavy atom. The Labute approximate surface area is 130 Å². The van der Waals surface area contributed by atoms with Gasteiger partial charge >= 0.3 is 0 Å². The molecule has 0 amide bonds. The quantitative estimate of drug-likeness (QED) is 0.575. The van der Waals surface area contributed by atoms with Crippen molar-refractivity contribution in [2.45, 2.75) is 6.61 Å². The van der Waals surface area contributed by atoms with Gasteiger partial charge in [-0.25, -0.2) is 0 Å². The Hall–Kier alpha value is -2.75. The van der Waals surface area contributed by atoms with Crippen LogP contribution in [0.15, 0.2) is 54.2 Å². The molecular formula is C18H19NO3. The lowest BCUT2D eigenvalue weighted by Crippen LogP contribution is -1.96. The summed E-state index contributed by atoms with van der Waals surface area (Å²) in [6, 6.07) is 13.6. The van der Waals surface area contributed by atoms with Gasteiger partial charge in [0.1, 0.15) is 6.61 Å². The third kappa shape index (κ3) is 3.88. The van der Waals surface area contributed by atoms with E-state index in [-0.39, 0.29) is 0 Å². The summed E-state index contributed by atoms with van der Waals surface area (Å²) >= 11 is 0. The lowest BCUT2D eigenvalue weighted by atomic mass is 10.1. The van der Waals surface area contributed by atoms with Gasteiger partial charge in [0, 0.05) is 5.56 Å². The van der Waals surface area contributed by atoms with E-state index in [2.05, 4.69) is 11.7 Å². The van der Waals surface area contributed by atoms with Crippen LogP contribution in [0.25, 0.3) is 6.08 Å². The van der Waals surface area contributed by atoms with Crippen LogP contribution >= 0.6 is 0 Å². The van der Waals surface area contributed by atoms with E-state index in [1.165, 1.54) is 0 Å². The molecule has 0 aliphatic rings. The zero-order valence-electron chi connectivity index (χ0n) is 12.8. The van der Waals surface area contributed by atoms with Crippen molar-refractivity contribution in [3.63, 3.8) is 0 Å². The molecule has 0 spiro atoms. The van der Waals surface area contributed by atoms with Gasteiger partial charge in [-0.3, -0.25) is 0 Å². The molecule has 4 nitrogen and oxygen atoms in total. The fourth-order valence-electron chi connectivity index (χ4n) is 1.98. The second-order valence-electron chi connectivity index (χ2n) is 4.53. The van der Waals surface area contributed by atoms with Crippen LogP contribution in [-0.4, -0.2) is 20.4 Å². The molecule has 0 aliphatic carbocycles. The van der Waals surface area contributed by atoms with Crippen LogP contribution in [0, 0.1) is 0 Å². The van der Waals surface area contributed by atoms with Gasteiger partial charge in [0.25, 0.3) is 0 Å². The zero-order valence-corrected chi connectivity index (χ0v) is 12.8. The van der Waals surface area contributed by atoms with E-state index in [0.29, 0.717) is 18.1 Å². The molecule has 0 aromatic heterocycles. The van der Waals surface area contributed by atoms with Crippen LogP contribution in [0.4, 0.5) is 0 Å². The Balaban J connectivity index is 2.10. The van der Waals surface area contributed by atoms with Crippen molar-refractivity contribution < 1.29 is 14.3 Å². The second kappa shape index (κ2) is 7.88. The Kier molecular flexibility index (Phi) is 5.60. The van der Waals surface area contributed by atoms with Gasteiger partial charge in [0.05, 0.1) is 20.4 Å². The van der Waals surface area contributed by atoms with E-state index in [9.17, 15) is 0 Å². The highest BCUT2D eigenvalue weighted by Gasteiger charge is 2.08. The fourth-order valence-corrected chi connectivity index (χ4v) is 1.98. The molecule has 22 heavy (non-hydrogen) atoms. The highest BCUT2D eigenvalue weighted by Crippen LogP contribution is 2.30. The van der Waals surface area contributed by atoms with Gasteiger partial charge in [0.2, 0.25) is 0 Å². The number of nitrogens with zero attached hydrogens (tertiary/aromatic N) is 1. The molecule has 0 atom stereocenters. The van der Waals surface area contributed by atoms with E-state index in [4.69, 9.17) is 14.3 Å². The number of methoxy groups -OCH3 is 2. The molecule has 114 valence electrons. The predicted molar refractivity (Wildman–Crippen MR) is 88.5 cm³/mol. The number of oxime groups is 1. The minimum Gasteiger partial charge on any atom is -0.493 e. The standard InChI is InChI=1S/C18H19NO3/c1-4-15-10-17(20-2)18(21-3)11-16(15)12-19-22-13-14-8-6-5-7-9-14/h4-12H,1,13H2,2-3H3/b19-12+. The lowest BCUT2D eigenvalue weighted by molar-refractivity contribution is 0.132. The molecule has 2 rings (SSSR count). The van der Waals surface area contributed by atoms with E-state index in [1.807, 2.05) is 42.5 Å². The van der Waals surface area contributed by atoms with Crippen molar-refractivity contribution in [2.24, 2.45) is 5.16 Å². The fraction of sp³-hybridized carbons (Fsp3) is 0.167. The summed E-state index contributed by atoms with van der Waals surface area (Å²) in [7, 11) is 3.19. The maximum absolute atomic E-state index is 5.32. The van der Waals surface area contributed by atoms with E-state index in [0.717, 1.165) is 16.7 Å². The molecule has 0 heterocycles. The first-order valence-electron chi connectivity index (χ1n) is 6.86. The Morgan fingerprint density at radius 1 is 1.00 bits per heavy atom. The van der Waals surface area contributed by atoms with Crippen LogP contribution < -0.4 is 9.47 Å². The minimum absolute atomic E-state index is 0.425. The van der Waals surface area contributed by atoms with Crippen molar-refractivity contribution in [3.05, 3.63) is 65.7 Å². The van der Waals surface area contributed by atoms with Crippen molar-refractivity contribution >= 4 is 12.3 Å². The zero-order chi connectivity index (χ0) is 15.8. The summed E-state index contributed by atoms with van der Waals surface area (Å²) in [4.78, 5) is 5.32. The monoisotopic (exact) mass is 297 g/mol. The lowest BCUT2D eigenvalue weighted by Gasteiger charge is -2.10. The maximum Gasteiger partial charge on any atom is 0.161 e. The highest BCUT2D eigenvalue weighted by atomic mass is 16.6. The number of hydrogen-bond donors (Lipinski definition) is 0. The largest absolute Gasteiger partial charge is 0.493 e. The van der Waals surface area contributed by atoms with Gasteiger partial charge in [0.15, 0.2) is 11.5 Å². The third-order valence-corrected chi connectivity index (χ3v) is 3.15. The molecule has 4 heteroatoms. The summed E-state index contributed by atoms with van der Waals surface area (Å²) < 4.78 is 10.6. The van der Waals surface area contributed by atoms with Crippen LogP contribution in [0.5, 0.6) is 11.5 Å². The van der Waals surface area contributed by atoms with Crippen molar-refractivity contribution in [1.82, 2.24) is 0 Å². The van der Waals surface area contributed by atoms with Crippen molar-refractivity contribution in [2.75, 3.05) is 14.2 Å². The van der Waals surface area contributed by atoms with Crippen LogP contribution in [0.1, 0.15) is 16.7 Å². The van der Waals surface area contributed by atoms with Crippen molar-refractivity contribution in [3.8, 4) is 11.5 Å². The number of benzene rings is 2. The molecule has 0 saturated heterocycles. The van der Waals surface area contributed by atoms with E-state index in [1.54, 1.807) is 26.5 Å². The molecule has 0 bridgehead atoms. The second-order valence-corrected chi connectivity index (χ2v) is 4.53. The van der Waals surface area contributed by atoms with Gasteiger partial charge in [-0.15, -0.1) is 0 Å². The molecule has 0 N–H and O–H groups in total. The van der Waals surface area contributed by atoms with Gasteiger partial charge in [-0.05, 0) is 23.3 Å². The topological polar surface area (TPSA) is 40.0 Å². The summed E-state index contributed by atoms with van der Waals surface area (Å²) in [5.74, 6) is 1.29. The number of hydrogen-bond acceptors (Lipinski definition) is 4. The molecule has 0 aliphatic heterocycles. The predicted octanol–water partition coefficient (Wildman–Crippen LogP) is 3.90. The van der Waals surface area contributed by atoms with E-state index >= 15 is 0 Å². The van der Waals surface area contributed by atoms with Gasteiger partial charge in [-0.2, -0.15) is 0 Å². The molecule has 0 fully saturated rings. The average Bonchev–Trinajstić information content (AvgIpc) is 2.58. The van der Waals surface area contributed by atoms with Crippen LogP contribution in [0.2, 0.25) is 0 Å². The molecule has 2 aromatic carbocycles. The Bertz CT molecular complexity index is 651. The summed E-state index contributed by atoms with van der Waals surface area (Å²) in [6.45, 7) is 4.22. The maximum atomic E-state index is 5.32. The van der Waals surface area contributed by atoms with Crippen LogP contribution in [0.3, 0.4) is 0 Å². The summed E-state index contributed by atoms with van der Waals surface area (Å²) in [6.07, 6.45) is 3.38. The third-order valence-electron chi connectivity index (χ3n) is 3.15. The first-order valence-corrected chi connectivity index (χ1v) is 6.86. The average molecular weight is 297 g/mol. The summed E-state index contributed by atoms with van der Waals surface area (Å²) in [5, 5.41) is 4.01. The van der Waals surface area contributed by atoms with Gasteiger partial charge in [-0.1, -0.05) is 48.1 Å². The van der Waals surface area contributed by atoms with Crippen molar-refractivity contribution in [1.29, 1.82) is 0 Å². The van der Waals surface area contributed by atoms with Crippen LogP contribution in [-0.2, 0) is 11.4 Å². The minimum atomic E-state index is 0.425. The number of rotatable bonds is 7. The SMILES string of the molecule is C=Cc1cc(OC)c(OC)cc1/C=N/OCc1ccccc1. The first-order chi connectivity index (χ1) is 10.8. The smallest absolute Gasteiger partial charge is 0.161 e. The molecule has 0 saturated carbocycles. The molecule has 2 aromatic rings. The number of ether oxygens (including phenoxy) is 2. The highest BCUT2D eigenvalue weighted by molar-refractivity contribution is 5.86.